The summed E-state index contributed by atoms with van der Waals surface area (Å²) in [7, 11) is 1.86. The van der Waals surface area contributed by atoms with Crippen LogP contribution in [0.2, 0.25) is 0 Å². The molecule has 0 aliphatic carbocycles. The largest absolute Gasteiger partial charge is 0.350 e. The summed E-state index contributed by atoms with van der Waals surface area (Å²) < 4.78 is 15.0. The van der Waals surface area contributed by atoms with Crippen LogP contribution in [0.15, 0.2) is 60.3 Å². The van der Waals surface area contributed by atoms with Gasteiger partial charge in [0.05, 0.1) is 5.69 Å². The second kappa shape index (κ2) is 6.21. The first-order valence-corrected chi connectivity index (χ1v) is 8.17. The van der Waals surface area contributed by atoms with Crippen molar-refractivity contribution in [1.29, 1.82) is 0 Å². The number of amides is 4. The Bertz CT molecular complexity index is 1130. The fraction of sp³-hybridized carbons (Fsp3) is 0.0500. The molecule has 1 N–H and O–H groups in total. The number of benzene rings is 2. The van der Waals surface area contributed by atoms with E-state index in [0.717, 1.165) is 27.9 Å². The molecule has 27 heavy (non-hydrogen) atoms. The number of aryl methyl sites for hydroxylation is 1. The van der Waals surface area contributed by atoms with E-state index in [2.05, 4.69) is 5.32 Å². The lowest BCUT2D eigenvalue weighted by Gasteiger charge is -2.26. The van der Waals surface area contributed by atoms with Crippen molar-refractivity contribution in [1.82, 2.24) is 9.88 Å². The topological polar surface area (TPSA) is 71.4 Å². The summed E-state index contributed by atoms with van der Waals surface area (Å²) in [5.74, 6) is -2.02. The molecule has 1 fully saturated rings. The van der Waals surface area contributed by atoms with E-state index in [9.17, 15) is 18.8 Å². The SMILES string of the molecule is Cn1cc(C=C2C(=O)NC(=O)N(c3ccc(F)cc3)C2=O)c2ccccc21. The van der Waals surface area contributed by atoms with Gasteiger partial charge in [-0.25, -0.2) is 14.1 Å². The molecule has 134 valence electrons. The first kappa shape index (κ1) is 16.7. The minimum Gasteiger partial charge on any atom is -0.350 e. The van der Waals surface area contributed by atoms with E-state index in [1.165, 1.54) is 18.2 Å². The number of aromatic nitrogens is 1. The maximum Gasteiger partial charge on any atom is 0.335 e. The number of hydrogen-bond donors (Lipinski definition) is 1. The highest BCUT2D eigenvalue weighted by molar-refractivity contribution is 6.39. The summed E-state index contributed by atoms with van der Waals surface area (Å²) in [6.45, 7) is 0. The zero-order valence-corrected chi connectivity index (χ0v) is 14.3. The van der Waals surface area contributed by atoms with Crippen LogP contribution in [-0.4, -0.2) is 22.4 Å². The Morgan fingerprint density at radius 3 is 2.44 bits per heavy atom. The number of halogens is 1. The van der Waals surface area contributed by atoms with Gasteiger partial charge < -0.3 is 4.57 Å². The van der Waals surface area contributed by atoms with Crippen molar-refractivity contribution in [2.75, 3.05) is 4.90 Å². The molecule has 6 nitrogen and oxygen atoms in total. The van der Waals surface area contributed by atoms with Crippen LogP contribution in [0.4, 0.5) is 14.9 Å². The third-order valence-electron chi connectivity index (χ3n) is 4.41. The maximum atomic E-state index is 13.2. The molecule has 3 aromatic rings. The first-order valence-electron chi connectivity index (χ1n) is 8.17. The molecule has 0 atom stereocenters. The molecule has 1 aromatic heterocycles. The smallest absolute Gasteiger partial charge is 0.335 e. The van der Waals surface area contributed by atoms with E-state index in [-0.39, 0.29) is 11.3 Å². The number of carbonyl (C=O) groups excluding carboxylic acids is 3. The number of para-hydroxylation sites is 1. The normalized spacial score (nSPS) is 16.3. The Morgan fingerprint density at radius 2 is 1.70 bits per heavy atom. The van der Waals surface area contributed by atoms with Gasteiger partial charge in [0.25, 0.3) is 11.8 Å². The minimum absolute atomic E-state index is 0.171. The average molecular weight is 363 g/mol. The van der Waals surface area contributed by atoms with Crippen LogP contribution in [0, 0.1) is 5.82 Å². The third-order valence-corrected chi connectivity index (χ3v) is 4.41. The van der Waals surface area contributed by atoms with E-state index in [1.54, 1.807) is 6.20 Å². The summed E-state index contributed by atoms with van der Waals surface area (Å²) >= 11 is 0. The van der Waals surface area contributed by atoms with E-state index < -0.39 is 23.7 Å². The molecule has 0 unspecified atom stereocenters. The molecule has 0 radical (unpaired) electrons. The molecular formula is C20H14FN3O3. The van der Waals surface area contributed by atoms with Crippen LogP contribution in [0.25, 0.3) is 17.0 Å². The van der Waals surface area contributed by atoms with Gasteiger partial charge >= 0.3 is 6.03 Å². The summed E-state index contributed by atoms with van der Waals surface area (Å²) in [5, 5.41) is 3.03. The highest BCUT2D eigenvalue weighted by atomic mass is 19.1. The van der Waals surface area contributed by atoms with Gasteiger partial charge in [-0.2, -0.15) is 0 Å². The summed E-state index contributed by atoms with van der Waals surface area (Å²) in [6.07, 6.45) is 3.26. The number of carbonyl (C=O) groups is 3. The molecule has 0 saturated carbocycles. The molecule has 2 aromatic carbocycles. The summed E-state index contributed by atoms with van der Waals surface area (Å²) in [6, 6.07) is 11.6. The van der Waals surface area contributed by atoms with Crippen molar-refractivity contribution in [2.24, 2.45) is 7.05 Å². The van der Waals surface area contributed by atoms with Gasteiger partial charge in [0, 0.05) is 29.7 Å². The van der Waals surface area contributed by atoms with Gasteiger partial charge in [-0.15, -0.1) is 0 Å². The Hall–Kier alpha value is -3.74. The molecular weight excluding hydrogens is 349 g/mol. The number of nitrogens with one attached hydrogen (secondary N) is 1. The zero-order valence-electron chi connectivity index (χ0n) is 14.3. The second-order valence-electron chi connectivity index (χ2n) is 6.15. The Morgan fingerprint density at radius 1 is 1.00 bits per heavy atom. The average Bonchev–Trinajstić information content (AvgIpc) is 2.96. The fourth-order valence-corrected chi connectivity index (χ4v) is 3.13. The quantitative estimate of drug-likeness (QED) is 0.562. The number of hydrogen-bond acceptors (Lipinski definition) is 3. The van der Waals surface area contributed by atoms with Crippen molar-refractivity contribution in [3.8, 4) is 0 Å². The van der Waals surface area contributed by atoms with E-state index in [4.69, 9.17) is 0 Å². The second-order valence-corrected chi connectivity index (χ2v) is 6.15. The minimum atomic E-state index is -0.869. The predicted molar refractivity (Wildman–Crippen MR) is 98.3 cm³/mol. The highest BCUT2D eigenvalue weighted by Gasteiger charge is 2.36. The van der Waals surface area contributed by atoms with Crippen LogP contribution >= 0.6 is 0 Å². The molecule has 0 bridgehead atoms. The Labute approximate surface area is 153 Å². The molecule has 0 spiro atoms. The molecule has 4 rings (SSSR count). The van der Waals surface area contributed by atoms with Crippen molar-refractivity contribution in [2.45, 2.75) is 0 Å². The van der Waals surface area contributed by atoms with Crippen molar-refractivity contribution in [3.05, 3.63) is 71.7 Å². The maximum absolute atomic E-state index is 13.2. The van der Waals surface area contributed by atoms with Crippen LogP contribution in [-0.2, 0) is 16.6 Å². The number of barbiturate groups is 1. The lowest BCUT2D eigenvalue weighted by atomic mass is 10.1. The van der Waals surface area contributed by atoms with Gasteiger partial charge in [-0.1, -0.05) is 18.2 Å². The molecule has 1 aliphatic rings. The van der Waals surface area contributed by atoms with Crippen LogP contribution in [0.5, 0.6) is 0 Å². The van der Waals surface area contributed by atoms with Crippen molar-refractivity contribution < 1.29 is 18.8 Å². The van der Waals surface area contributed by atoms with E-state index >= 15 is 0 Å². The Kier molecular flexibility index (Phi) is 3.84. The summed E-state index contributed by atoms with van der Waals surface area (Å²) in [4.78, 5) is 38.1. The molecule has 4 amide bonds. The van der Waals surface area contributed by atoms with Crippen LogP contribution in [0.1, 0.15) is 5.56 Å². The van der Waals surface area contributed by atoms with Gasteiger partial charge in [0.1, 0.15) is 11.4 Å². The van der Waals surface area contributed by atoms with Gasteiger partial charge in [-0.05, 0) is 36.4 Å². The number of anilines is 1. The van der Waals surface area contributed by atoms with Gasteiger partial charge in [0.2, 0.25) is 0 Å². The fourth-order valence-electron chi connectivity index (χ4n) is 3.13. The molecule has 7 heteroatoms. The lowest BCUT2D eigenvalue weighted by Crippen LogP contribution is -2.54. The number of nitrogens with zero attached hydrogens (tertiary/aromatic N) is 2. The number of imide groups is 2. The number of rotatable bonds is 2. The van der Waals surface area contributed by atoms with E-state index in [0.29, 0.717) is 5.56 Å². The first-order chi connectivity index (χ1) is 13.0. The monoisotopic (exact) mass is 363 g/mol. The zero-order chi connectivity index (χ0) is 19.1. The third kappa shape index (κ3) is 2.79. The van der Waals surface area contributed by atoms with Gasteiger partial charge in [-0.3, -0.25) is 14.9 Å². The Balaban J connectivity index is 1.80. The number of urea groups is 1. The van der Waals surface area contributed by atoms with Crippen molar-refractivity contribution >= 4 is 40.5 Å². The van der Waals surface area contributed by atoms with Crippen LogP contribution in [0.3, 0.4) is 0 Å². The van der Waals surface area contributed by atoms with E-state index in [1.807, 2.05) is 35.9 Å². The molecule has 1 saturated heterocycles. The standard InChI is InChI=1S/C20H14FN3O3/c1-23-11-12(15-4-2-3-5-17(15)23)10-16-18(25)22-20(27)24(19(16)26)14-8-6-13(21)7-9-14/h2-11H,1H3,(H,22,25,27). The molecule has 2 heterocycles. The van der Waals surface area contributed by atoms with Crippen molar-refractivity contribution in [3.63, 3.8) is 0 Å². The van der Waals surface area contributed by atoms with Gasteiger partial charge in [0.15, 0.2) is 0 Å². The highest BCUT2D eigenvalue weighted by Crippen LogP contribution is 2.26. The predicted octanol–water partition coefficient (Wildman–Crippen LogP) is 2.98. The summed E-state index contributed by atoms with van der Waals surface area (Å²) in [5.41, 5.74) is 1.63. The molecule has 1 aliphatic heterocycles. The number of fused-ring (bicyclic) bond motifs is 1. The van der Waals surface area contributed by atoms with Crippen LogP contribution < -0.4 is 10.2 Å². The lowest BCUT2D eigenvalue weighted by molar-refractivity contribution is -0.122.